The van der Waals surface area contributed by atoms with E-state index < -0.39 is 0 Å². The maximum absolute atomic E-state index is 12.5. The summed E-state index contributed by atoms with van der Waals surface area (Å²) >= 11 is 6.04. The van der Waals surface area contributed by atoms with Crippen LogP contribution in [0.4, 0.5) is 16.2 Å². The molecule has 22 heavy (non-hydrogen) atoms. The molecule has 0 saturated heterocycles. The Bertz CT molecular complexity index is 472. The lowest BCUT2D eigenvalue weighted by Gasteiger charge is -2.25. The molecule has 0 unspecified atom stereocenters. The second kappa shape index (κ2) is 9.54. The van der Waals surface area contributed by atoms with Crippen LogP contribution in [0.15, 0.2) is 18.2 Å². The Morgan fingerprint density at radius 3 is 2.55 bits per heavy atom. The van der Waals surface area contributed by atoms with Crippen molar-refractivity contribution in [2.45, 2.75) is 26.2 Å². The number of nitrogens with zero attached hydrogens (tertiary/aromatic N) is 2. The summed E-state index contributed by atoms with van der Waals surface area (Å²) in [6, 6.07) is 5.26. The molecule has 0 atom stereocenters. The van der Waals surface area contributed by atoms with Gasteiger partial charge in [-0.05, 0) is 31.0 Å². The van der Waals surface area contributed by atoms with Gasteiger partial charge in [-0.3, -0.25) is 0 Å². The molecule has 6 heteroatoms. The average molecular weight is 328 g/mol. The number of carbonyl (C=O) groups excluding carboxylic acids is 1. The van der Waals surface area contributed by atoms with Gasteiger partial charge < -0.3 is 20.2 Å². The van der Waals surface area contributed by atoms with Crippen LogP contribution in [-0.4, -0.2) is 49.8 Å². The molecular weight excluding hydrogens is 302 g/mol. The lowest BCUT2D eigenvalue weighted by molar-refractivity contribution is 0.201. The normalized spacial score (nSPS) is 10.4. The van der Waals surface area contributed by atoms with Crippen molar-refractivity contribution in [1.29, 1.82) is 0 Å². The van der Waals surface area contributed by atoms with Crippen molar-refractivity contribution in [3.63, 3.8) is 0 Å². The maximum atomic E-state index is 12.5. The number of amides is 2. The fraction of sp³-hybridized carbons (Fsp3) is 0.562. The van der Waals surface area contributed by atoms with Gasteiger partial charge >= 0.3 is 6.03 Å². The number of benzene rings is 1. The minimum Gasteiger partial charge on any atom is -0.396 e. The monoisotopic (exact) mass is 327 g/mol. The Kier molecular flexibility index (Phi) is 8.06. The van der Waals surface area contributed by atoms with E-state index in [1.54, 1.807) is 17.0 Å². The number of hydrogen-bond donors (Lipinski definition) is 2. The number of halogens is 1. The summed E-state index contributed by atoms with van der Waals surface area (Å²) in [5, 5.41) is 12.5. The Labute approximate surface area is 137 Å². The Balaban J connectivity index is 2.85. The highest BCUT2D eigenvalue weighted by Crippen LogP contribution is 2.28. The molecule has 0 fully saturated rings. The molecule has 1 aromatic rings. The first kappa shape index (κ1) is 18.6. The second-order valence-corrected chi connectivity index (χ2v) is 5.84. The molecule has 0 aliphatic heterocycles. The summed E-state index contributed by atoms with van der Waals surface area (Å²) in [4.78, 5) is 16.1. The largest absolute Gasteiger partial charge is 0.396 e. The summed E-state index contributed by atoms with van der Waals surface area (Å²) in [5.74, 6) is 0. The highest BCUT2D eigenvalue weighted by atomic mass is 35.5. The van der Waals surface area contributed by atoms with E-state index in [-0.39, 0.29) is 12.6 Å². The molecule has 0 saturated carbocycles. The number of rotatable bonds is 8. The number of hydrogen-bond acceptors (Lipinski definition) is 3. The van der Waals surface area contributed by atoms with Crippen LogP contribution in [0, 0.1) is 0 Å². The maximum Gasteiger partial charge on any atom is 0.321 e. The van der Waals surface area contributed by atoms with Crippen LogP contribution in [0.25, 0.3) is 0 Å². The van der Waals surface area contributed by atoms with Gasteiger partial charge in [0.1, 0.15) is 0 Å². The summed E-state index contributed by atoms with van der Waals surface area (Å²) in [6.07, 6.45) is 2.53. The number of urea groups is 1. The summed E-state index contributed by atoms with van der Waals surface area (Å²) in [6.45, 7) is 3.39. The molecular formula is C16H26ClN3O2. The van der Waals surface area contributed by atoms with E-state index in [9.17, 15) is 4.79 Å². The summed E-state index contributed by atoms with van der Waals surface area (Å²) in [5.41, 5.74) is 1.59. The Morgan fingerprint density at radius 1 is 1.27 bits per heavy atom. The van der Waals surface area contributed by atoms with Gasteiger partial charge in [-0.1, -0.05) is 24.9 Å². The Hall–Kier alpha value is -1.46. The molecule has 1 aromatic carbocycles. The van der Waals surface area contributed by atoms with Crippen LogP contribution < -0.4 is 10.2 Å². The smallest absolute Gasteiger partial charge is 0.321 e. The predicted molar refractivity (Wildman–Crippen MR) is 93.0 cm³/mol. The van der Waals surface area contributed by atoms with Gasteiger partial charge in [0, 0.05) is 38.8 Å². The van der Waals surface area contributed by atoms with Gasteiger partial charge in [0.25, 0.3) is 0 Å². The molecule has 0 heterocycles. The fourth-order valence-corrected chi connectivity index (χ4v) is 2.29. The van der Waals surface area contributed by atoms with Gasteiger partial charge in [-0.25, -0.2) is 4.79 Å². The minimum absolute atomic E-state index is 0.0794. The van der Waals surface area contributed by atoms with Crippen molar-refractivity contribution in [3.8, 4) is 0 Å². The van der Waals surface area contributed by atoms with E-state index in [0.717, 1.165) is 18.5 Å². The molecule has 0 aliphatic carbocycles. The van der Waals surface area contributed by atoms with E-state index in [1.807, 2.05) is 25.1 Å². The van der Waals surface area contributed by atoms with E-state index in [0.29, 0.717) is 30.2 Å². The zero-order valence-corrected chi connectivity index (χ0v) is 14.4. The minimum atomic E-state index is -0.160. The standard InChI is InChI=1S/C16H26ClN3O2/c1-4-5-9-20(10-6-11-21)16(22)18-14-12-13(17)7-8-15(14)19(2)3/h7-8,12,21H,4-6,9-11H2,1-3H3,(H,18,22). The van der Waals surface area contributed by atoms with Gasteiger partial charge in [0.05, 0.1) is 11.4 Å². The number of carbonyl (C=O) groups is 1. The highest BCUT2D eigenvalue weighted by molar-refractivity contribution is 6.31. The quantitative estimate of drug-likeness (QED) is 0.769. The molecule has 5 nitrogen and oxygen atoms in total. The lowest BCUT2D eigenvalue weighted by atomic mass is 10.2. The van der Waals surface area contributed by atoms with Gasteiger partial charge in [-0.15, -0.1) is 0 Å². The summed E-state index contributed by atoms with van der Waals surface area (Å²) < 4.78 is 0. The third kappa shape index (κ3) is 5.73. The van der Waals surface area contributed by atoms with Crippen LogP contribution in [0.5, 0.6) is 0 Å². The zero-order chi connectivity index (χ0) is 16.5. The van der Waals surface area contributed by atoms with Gasteiger partial charge in [0.15, 0.2) is 0 Å². The third-order valence-electron chi connectivity index (χ3n) is 3.34. The molecule has 0 spiro atoms. The van der Waals surface area contributed by atoms with E-state index in [4.69, 9.17) is 16.7 Å². The van der Waals surface area contributed by atoms with E-state index in [2.05, 4.69) is 12.2 Å². The molecule has 0 aliphatic rings. The number of anilines is 2. The molecule has 1 rings (SSSR count). The molecule has 0 radical (unpaired) electrons. The Morgan fingerprint density at radius 2 is 1.95 bits per heavy atom. The number of nitrogens with one attached hydrogen (secondary N) is 1. The molecule has 2 N–H and O–H groups in total. The number of aliphatic hydroxyl groups excluding tert-OH is 1. The highest BCUT2D eigenvalue weighted by Gasteiger charge is 2.15. The zero-order valence-electron chi connectivity index (χ0n) is 13.6. The molecule has 2 amide bonds. The molecule has 124 valence electrons. The fourth-order valence-electron chi connectivity index (χ4n) is 2.12. The average Bonchev–Trinajstić information content (AvgIpc) is 2.47. The molecule has 0 aromatic heterocycles. The van der Waals surface area contributed by atoms with Gasteiger partial charge in [-0.2, -0.15) is 0 Å². The van der Waals surface area contributed by atoms with Crippen molar-refractivity contribution in [2.75, 3.05) is 44.0 Å². The van der Waals surface area contributed by atoms with Crippen molar-refractivity contribution in [1.82, 2.24) is 4.90 Å². The predicted octanol–water partition coefficient (Wildman–Crippen LogP) is 3.42. The number of unbranched alkanes of at least 4 members (excludes halogenated alkanes) is 1. The first-order valence-corrected chi connectivity index (χ1v) is 8.01. The van der Waals surface area contributed by atoms with Crippen molar-refractivity contribution < 1.29 is 9.90 Å². The third-order valence-corrected chi connectivity index (χ3v) is 3.57. The van der Waals surface area contributed by atoms with Crippen LogP contribution >= 0.6 is 11.6 Å². The van der Waals surface area contributed by atoms with Crippen LogP contribution in [0.2, 0.25) is 5.02 Å². The second-order valence-electron chi connectivity index (χ2n) is 5.40. The topological polar surface area (TPSA) is 55.8 Å². The summed E-state index contributed by atoms with van der Waals surface area (Å²) in [7, 11) is 3.83. The van der Waals surface area contributed by atoms with Gasteiger partial charge in [0.2, 0.25) is 0 Å². The SMILES string of the molecule is CCCCN(CCCO)C(=O)Nc1cc(Cl)ccc1N(C)C. The van der Waals surface area contributed by atoms with Crippen molar-refractivity contribution >= 4 is 29.0 Å². The van der Waals surface area contributed by atoms with E-state index >= 15 is 0 Å². The van der Waals surface area contributed by atoms with Crippen molar-refractivity contribution in [3.05, 3.63) is 23.2 Å². The van der Waals surface area contributed by atoms with Crippen LogP contribution in [-0.2, 0) is 0 Å². The van der Waals surface area contributed by atoms with Crippen LogP contribution in [0.3, 0.4) is 0 Å². The van der Waals surface area contributed by atoms with Crippen LogP contribution in [0.1, 0.15) is 26.2 Å². The lowest BCUT2D eigenvalue weighted by Crippen LogP contribution is -2.37. The first-order valence-electron chi connectivity index (χ1n) is 7.63. The van der Waals surface area contributed by atoms with E-state index in [1.165, 1.54) is 0 Å². The van der Waals surface area contributed by atoms with Crippen molar-refractivity contribution in [2.24, 2.45) is 0 Å². The first-order chi connectivity index (χ1) is 10.5. The molecule has 0 bridgehead atoms. The number of aliphatic hydroxyl groups is 1.